The number of halogens is 2. The Balaban J connectivity index is 1.67. The van der Waals surface area contributed by atoms with Crippen LogP contribution in [-0.2, 0) is 17.8 Å². The quantitative estimate of drug-likeness (QED) is 0.240. The van der Waals surface area contributed by atoms with Gasteiger partial charge in [0.15, 0.2) is 11.4 Å². The van der Waals surface area contributed by atoms with Crippen LogP contribution < -0.4 is 4.74 Å². The number of benzene rings is 3. The van der Waals surface area contributed by atoms with E-state index in [2.05, 4.69) is 9.97 Å². The fourth-order valence-corrected chi connectivity index (χ4v) is 4.07. The van der Waals surface area contributed by atoms with E-state index in [-0.39, 0.29) is 29.7 Å². The molecule has 0 atom stereocenters. The molecule has 3 aromatic carbocycles. The summed E-state index contributed by atoms with van der Waals surface area (Å²) >= 11 is 0. The number of aromatic nitrogens is 2. The highest BCUT2D eigenvalue weighted by Crippen LogP contribution is 2.36. The zero-order valence-corrected chi connectivity index (χ0v) is 19.9. The first kappa shape index (κ1) is 24.1. The predicted molar refractivity (Wildman–Crippen MR) is 136 cm³/mol. The van der Waals surface area contributed by atoms with Crippen molar-refractivity contribution >= 4 is 16.9 Å². The molecule has 0 saturated carbocycles. The van der Waals surface area contributed by atoms with Crippen LogP contribution in [0.5, 0.6) is 5.75 Å². The van der Waals surface area contributed by atoms with E-state index >= 15 is 0 Å². The standard InChI is InChI=1S/C30H22F2N2O3/c1-36-30(35)28-29(37-18-20-5-3-2-4-6-20)27-25(26(34-28)22-9-13-24(32)14-10-22)16-21(17-33-27)15-19-7-11-23(31)12-8-19/h2-14,16-17H,15,18H2,1H3. The Bertz CT molecular complexity index is 1550. The van der Waals surface area contributed by atoms with Gasteiger partial charge in [0.1, 0.15) is 23.8 Å². The number of fused-ring (bicyclic) bond motifs is 1. The van der Waals surface area contributed by atoms with Gasteiger partial charge >= 0.3 is 5.97 Å². The average molecular weight is 497 g/mol. The van der Waals surface area contributed by atoms with Gasteiger partial charge in [-0.3, -0.25) is 4.98 Å². The third kappa shape index (κ3) is 5.30. The molecule has 2 aromatic heterocycles. The van der Waals surface area contributed by atoms with Crippen molar-refractivity contribution in [1.29, 1.82) is 0 Å². The molecule has 0 aliphatic heterocycles. The second-order valence-electron chi connectivity index (χ2n) is 8.45. The summed E-state index contributed by atoms with van der Waals surface area (Å²) < 4.78 is 38.2. The predicted octanol–water partition coefficient (Wildman–Crippen LogP) is 6.53. The van der Waals surface area contributed by atoms with E-state index in [0.29, 0.717) is 28.6 Å². The first-order valence-corrected chi connectivity index (χ1v) is 11.6. The molecule has 37 heavy (non-hydrogen) atoms. The Hall–Kier alpha value is -4.65. The van der Waals surface area contributed by atoms with Gasteiger partial charge in [0, 0.05) is 17.1 Å². The number of hydrogen-bond acceptors (Lipinski definition) is 5. The van der Waals surface area contributed by atoms with Gasteiger partial charge in [-0.15, -0.1) is 0 Å². The van der Waals surface area contributed by atoms with Crippen molar-refractivity contribution in [1.82, 2.24) is 9.97 Å². The van der Waals surface area contributed by atoms with Crippen LogP contribution in [0.15, 0.2) is 91.1 Å². The topological polar surface area (TPSA) is 61.3 Å². The first-order valence-electron chi connectivity index (χ1n) is 11.6. The molecular weight excluding hydrogens is 474 g/mol. The monoisotopic (exact) mass is 496 g/mol. The smallest absolute Gasteiger partial charge is 0.360 e. The van der Waals surface area contributed by atoms with Crippen LogP contribution in [0.2, 0.25) is 0 Å². The lowest BCUT2D eigenvalue weighted by atomic mass is 10.0. The Morgan fingerprint density at radius 3 is 2.19 bits per heavy atom. The average Bonchev–Trinajstić information content (AvgIpc) is 2.93. The maximum atomic E-state index is 13.7. The minimum atomic E-state index is -0.675. The van der Waals surface area contributed by atoms with Crippen LogP contribution in [0.3, 0.4) is 0 Å². The second-order valence-corrected chi connectivity index (χ2v) is 8.45. The molecule has 0 aliphatic carbocycles. The van der Waals surface area contributed by atoms with Gasteiger partial charge in [0.2, 0.25) is 0 Å². The van der Waals surface area contributed by atoms with E-state index in [1.54, 1.807) is 30.5 Å². The molecule has 0 fully saturated rings. The van der Waals surface area contributed by atoms with Crippen LogP contribution in [0, 0.1) is 11.6 Å². The van der Waals surface area contributed by atoms with E-state index < -0.39 is 5.97 Å². The summed E-state index contributed by atoms with van der Waals surface area (Å²) in [4.78, 5) is 22.1. The molecule has 184 valence electrons. The minimum absolute atomic E-state index is 0.0240. The minimum Gasteiger partial charge on any atom is -0.484 e. The lowest BCUT2D eigenvalue weighted by Gasteiger charge is -2.16. The molecule has 2 heterocycles. The highest BCUT2D eigenvalue weighted by atomic mass is 19.1. The van der Waals surface area contributed by atoms with Crippen molar-refractivity contribution < 1.29 is 23.0 Å². The van der Waals surface area contributed by atoms with Crippen LogP contribution in [0.4, 0.5) is 8.78 Å². The number of carbonyl (C=O) groups excluding carboxylic acids is 1. The molecule has 0 aliphatic rings. The summed E-state index contributed by atoms with van der Waals surface area (Å²) in [7, 11) is 1.27. The summed E-state index contributed by atoms with van der Waals surface area (Å²) in [6.07, 6.45) is 2.20. The lowest BCUT2D eigenvalue weighted by Crippen LogP contribution is -2.11. The van der Waals surface area contributed by atoms with Crippen LogP contribution >= 0.6 is 0 Å². The summed E-state index contributed by atoms with van der Waals surface area (Å²) in [5, 5.41) is 0.627. The number of carbonyl (C=O) groups is 1. The molecule has 0 saturated heterocycles. The molecule has 5 rings (SSSR count). The molecule has 0 N–H and O–H groups in total. The number of methoxy groups -OCH3 is 1. The van der Waals surface area contributed by atoms with Gasteiger partial charge in [-0.05, 0) is 65.6 Å². The number of hydrogen-bond donors (Lipinski definition) is 0. The van der Waals surface area contributed by atoms with Crippen LogP contribution in [-0.4, -0.2) is 23.0 Å². The van der Waals surface area contributed by atoms with Gasteiger partial charge in [0.25, 0.3) is 0 Å². The number of rotatable bonds is 7. The second kappa shape index (κ2) is 10.5. The van der Waals surface area contributed by atoms with Crippen molar-refractivity contribution in [3.05, 3.63) is 125 Å². The summed E-state index contributed by atoms with van der Waals surface area (Å²) in [6, 6.07) is 23.5. The summed E-state index contributed by atoms with van der Waals surface area (Å²) in [5.74, 6) is -1.17. The number of nitrogens with zero attached hydrogens (tertiary/aromatic N) is 2. The summed E-state index contributed by atoms with van der Waals surface area (Å²) in [6.45, 7) is 0.191. The van der Waals surface area contributed by atoms with E-state index in [9.17, 15) is 13.6 Å². The zero-order chi connectivity index (χ0) is 25.8. The fraction of sp³-hybridized carbons (Fsp3) is 0.100. The van der Waals surface area contributed by atoms with Crippen molar-refractivity contribution in [2.75, 3.05) is 7.11 Å². The van der Waals surface area contributed by atoms with Crippen molar-refractivity contribution in [3.8, 4) is 17.0 Å². The van der Waals surface area contributed by atoms with Gasteiger partial charge in [-0.2, -0.15) is 0 Å². The zero-order valence-electron chi connectivity index (χ0n) is 19.9. The molecule has 5 nitrogen and oxygen atoms in total. The molecule has 0 unspecified atom stereocenters. The molecule has 0 bridgehead atoms. The Labute approximate surface area is 212 Å². The van der Waals surface area contributed by atoms with Crippen LogP contribution in [0.1, 0.15) is 27.2 Å². The van der Waals surface area contributed by atoms with Crippen LogP contribution in [0.25, 0.3) is 22.2 Å². The normalized spacial score (nSPS) is 10.9. The van der Waals surface area contributed by atoms with E-state index in [1.807, 2.05) is 36.4 Å². The van der Waals surface area contributed by atoms with Crippen molar-refractivity contribution in [3.63, 3.8) is 0 Å². The largest absolute Gasteiger partial charge is 0.484 e. The number of esters is 1. The molecule has 5 aromatic rings. The molecular formula is C30H22F2N2O3. The van der Waals surface area contributed by atoms with E-state index in [1.165, 1.54) is 31.4 Å². The van der Waals surface area contributed by atoms with Crippen molar-refractivity contribution in [2.45, 2.75) is 13.0 Å². The number of ether oxygens (including phenoxy) is 2. The molecule has 0 amide bonds. The van der Waals surface area contributed by atoms with E-state index in [0.717, 1.165) is 16.7 Å². The van der Waals surface area contributed by atoms with E-state index in [4.69, 9.17) is 9.47 Å². The molecule has 0 radical (unpaired) electrons. The molecule has 7 heteroatoms. The number of pyridine rings is 2. The third-order valence-electron chi connectivity index (χ3n) is 5.90. The first-order chi connectivity index (χ1) is 18.0. The highest BCUT2D eigenvalue weighted by Gasteiger charge is 2.24. The maximum Gasteiger partial charge on any atom is 0.360 e. The highest BCUT2D eigenvalue weighted by molar-refractivity contribution is 6.03. The fourth-order valence-electron chi connectivity index (χ4n) is 4.07. The SMILES string of the molecule is COC(=O)c1nc(-c2ccc(F)cc2)c2cc(Cc3ccc(F)cc3)cnc2c1OCc1ccccc1. The van der Waals surface area contributed by atoms with Gasteiger partial charge < -0.3 is 9.47 Å². The molecule has 0 spiro atoms. The Morgan fingerprint density at radius 1 is 0.838 bits per heavy atom. The lowest BCUT2D eigenvalue weighted by molar-refractivity contribution is 0.0589. The third-order valence-corrected chi connectivity index (χ3v) is 5.90. The van der Waals surface area contributed by atoms with Gasteiger partial charge in [-0.1, -0.05) is 42.5 Å². The van der Waals surface area contributed by atoms with Gasteiger partial charge in [-0.25, -0.2) is 18.6 Å². The van der Waals surface area contributed by atoms with Gasteiger partial charge in [0.05, 0.1) is 12.8 Å². The van der Waals surface area contributed by atoms with Crippen molar-refractivity contribution in [2.24, 2.45) is 0 Å². The summed E-state index contributed by atoms with van der Waals surface area (Å²) in [5.41, 5.74) is 4.11. The Morgan fingerprint density at radius 2 is 1.51 bits per heavy atom. The maximum absolute atomic E-state index is 13.7. The Kier molecular flexibility index (Phi) is 6.85.